The van der Waals surface area contributed by atoms with E-state index in [2.05, 4.69) is 6.07 Å². The van der Waals surface area contributed by atoms with Crippen molar-refractivity contribution in [1.82, 2.24) is 0 Å². The van der Waals surface area contributed by atoms with Gasteiger partial charge in [-0.05, 0) is 13.0 Å². The predicted octanol–water partition coefficient (Wildman–Crippen LogP) is 1.78. The summed E-state index contributed by atoms with van der Waals surface area (Å²) in [5.41, 5.74) is 1.41. The lowest BCUT2D eigenvalue weighted by atomic mass is 10.0. The van der Waals surface area contributed by atoms with Gasteiger partial charge in [-0.3, -0.25) is 0 Å². The van der Waals surface area contributed by atoms with Gasteiger partial charge in [-0.25, -0.2) is 0 Å². The molecule has 3 nitrogen and oxygen atoms in total. The van der Waals surface area contributed by atoms with E-state index in [1.54, 1.807) is 6.07 Å². The molecule has 0 radical (unpaired) electrons. The van der Waals surface area contributed by atoms with Crippen LogP contribution in [0.5, 0.6) is 0 Å². The van der Waals surface area contributed by atoms with Gasteiger partial charge in [0.1, 0.15) is 0 Å². The van der Waals surface area contributed by atoms with Crippen LogP contribution in [-0.2, 0) is 15.3 Å². The topological polar surface area (TPSA) is 42.2 Å². The Hall–Kier alpha value is -1.37. The summed E-state index contributed by atoms with van der Waals surface area (Å²) in [6.07, 6.45) is 0. The molecule has 1 fully saturated rings. The fraction of sp³-hybridized carbons (Fsp3) is 0.364. The third kappa shape index (κ3) is 1.39. The molecule has 72 valence electrons. The first-order chi connectivity index (χ1) is 6.76. The van der Waals surface area contributed by atoms with Crippen molar-refractivity contribution in [3.63, 3.8) is 0 Å². The van der Waals surface area contributed by atoms with Crippen LogP contribution >= 0.6 is 0 Å². The van der Waals surface area contributed by atoms with Crippen LogP contribution in [0, 0.1) is 11.3 Å². The van der Waals surface area contributed by atoms with Crippen molar-refractivity contribution in [3.8, 4) is 6.07 Å². The average molecular weight is 189 g/mol. The zero-order valence-electron chi connectivity index (χ0n) is 7.99. The zero-order chi connectivity index (χ0) is 10.0. The van der Waals surface area contributed by atoms with Crippen LogP contribution in [0.3, 0.4) is 0 Å². The summed E-state index contributed by atoms with van der Waals surface area (Å²) in [4.78, 5) is 0. The van der Waals surface area contributed by atoms with Crippen molar-refractivity contribution in [3.05, 3.63) is 35.4 Å². The SMILES string of the molecule is CC1(c2ccccc2C#N)OCCO1. The minimum Gasteiger partial charge on any atom is -0.344 e. The summed E-state index contributed by atoms with van der Waals surface area (Å²) in [6, 6.07) is 9.49. The van der Waals surface area contributed by atoms with Crippen LogP contribution in [-0.4, -0.2) is 13.2 Å². The number of hydrogen-bond donors (Lipinski definition) is 0. The molecule has 1 aromatic carbocycles. The standard InChI is InChI=1S/C11H11NO2/c1-11(13-6-7-14-11)10-5-3-2-4-9(10)8-12/h2-5H,6-7H2,1H3. The number of benzene rings is 1. The van der Waals surface area contributed by atoms with Gasteiger partial charge in [0.05, 0.1) is 24.8 Å². The highest BCUT2D eigenvalue weighted by atomic mass is 16.7. The molecule has 2 rings (SSSR count). The third-order valence-electron chi connectivity index (χ3n) is 2.38. The predicted molar refractivity (Wildman–Crippen MR) is 50.4 cm³/mol. The average Bonchev–Trinajstić information content (AvgIpc) is 2.66. The molecule has 0 aromatic heterocycles. The van der Waals surface area contributed by atoms with Crippen LogP contribution in [0.4, 0.5) is 0 Å². The molecule has 0 aliphatic carbocycles. The fourth-order valence-electron chi connectivity index (χ4n) is 1.65. The Labute approximate surface area is 82.9 Å². The molecular weight excluding hydrogens is 178 g/mol. The van der Waals surface area contributed by atoms with E-state index in [4.69, 9.17) is 14.7 Å². The van der Waals surface area contributed by atoms with Crippen LogP contribution in [0.15, 0.2) is 24.3 Å². The largest absolute Gasteiger partial charge is 0.344 e. The van der Waals surface area contributed by atoms with E-state index in [-0.39, 0.29) is 0 Å². The summed E-state index contributed by atoms with van der Waals surface area (Å²) in [5.74, 6) is -0.744. The summed E-state index contributed by atoms with van der Waals surface area (Å²) in [7, 11) is 0. The first kappa shape index (κ1) is 9.20. The van der Waals surface area contributed by atoms with Gasteiger partial charge in [0.25, 0.3) is 0 Å². The van der Waals surface area contributed by atoms with Crippen molar-refractivity contribution in [2.75, 3.05) is 13.2 Å². The van der Waals surface area contributed by atoms with Gasteiger partial charge < -0.3 is 9.47 Å². The summed E-state index contributed by atoms with van der Waals surface area (Å²) >= 11 is 0. The van der Waals surface area contributed by atoms with Gasteiger partial charge in [0.2, 0.25) is 0 Å². The van der Waals surface area contributed by atoms with Gasteiger partial charge in [-0.1, -0.05) is 18.2 Å². The number of nitrogens with zero attached hydrogens (tertiary/aromatic N) is 1. The van der Waals surface area contributed by atoms with E-state index in [9.17, 15) is 0 Å². The molecule has 3 heteroatoms. The summed E-state index contributed by atoms with van der Waals surface area (Å²) in [6.45, 7) is 3.00. The highest BCUT2D eigenvalue weighted by Gasteiger charge is 2.34. The molecule has 1 aromatic rings. The number of ether oxygens (including phenoxy) is 2. The monoisotopic (exact) mass is 189 g/mol. The van der Waals surface area contributed by atoms with E-state index in [1.165, 1.54) is 0 Å². The van der Waals surface area contributed by atoms with E-state index in [1.807, 2.05) is 25.1 Å². The Bertz CT molecular complexity index is 375. The molecule has 0 saturated carbocycles. The highest BCUT2D eigenvalue weighted by molar-refractivity contribution is 5.40. The Kier molecular flexibility index (Phi) is 2.24. The lowest BCUT2D eigenvalue weighted by Crippen LogP contribution is -2.23. The van der Waals surface area contributed by atoms with Gasteiger partial charge in [-0.15, -0.1) is 0 Å². The molecule has 1 saturated heterocycles. The van der Waals surface area contributed by atoms with Crippen molar-refractivity contribution in [2.24, 2.45) is 0 Å². The minimum absolute atomic E-state index is 0.580. The second kappa shape index (κ2) is 3.41. The smallest absolute Gasteiger partial charge is 0.193 e. The van der Waals surface area contributed by atoms with E-state index >= 15 is 0 Å². The molecule has 14 heavy (non-hydrogen) atoms. The van der Waals surface area contributed by atoms with Crippen LogP contribution < -0.4 is 0 Å². The lowest BCUT2D eigenvalue weighted by Gasteiger charge is -2.23. The normalized spacial score (nSPS) is 19.1. The van der Waals surface area contributed by atoms with Crippen molar-refractivity contribution >= 4 is 0 Å². The summed E-state index contributed by atoms with van der Waals surface area (Å²) < 4.78 is 11.0. The molecule has 0 spiro atoms. The molecule has 0 amide bonds. The van der Waals surface area contributed by atoms with Gasteiger partial charge >= 0.3 is 0 Å². The van der Waals surface area contributed by atoms with Crippen molar-refractivity contribution in [2.45, 2.75) is 12.7 Å². The van der Waals surface area contributed by atoms with Crippen molar-refractivity contribution in [1.29, 1.82) is 5.26 Å². The third-order valence-corrected chi connectivity index (χ3v) is 2.38. The number of nitriles is 1. The molecule has 1 heterocycles. The van der Waals surface area contributed by atoms with Crippen LogP contribution in [0.2, 0.25) is 0 Å². The maximum Gasteiger partial charge on any atom is 0.193 e. The van der Waals surface area contributed by atoms with Gasteiger partial charge in [0.15, 0.2) is 5.79 Å². The first-order valence-electron chi connectivity index (χ1n) is 4.54. The molecule has 0 N–H and O–H groups in total. The molecule has 0 atom stereocenters. The number of rotatable bonds is 1. The number of hydrogen-bond acceptors (Lipinski definition) is 3. The van der Waals surface area contributed by atoms with E-state index in [0.717, 1.165) is 5.56 Å². The molecule has 0 bridgehead atoms. The zero-order valence-corrected chi connectivity index (χ0v) is 7.99. The molecule has 1 aliphatic rings. The molecule has 0 unspecified atom stereocenters. The Morgan fingerprint density at radius 2 is 1.93 bits per heavy atom. The Morgan fingerprint density at radius 1 is 1.29 bits per heavy atom. The van der Waals surface area contributed by atoms with Crippen LogP contribution in [0.25, 0.3) is 0 Å². The Balaban J connectivity index is 2.45. The maximum absolute atomic E-state index is 8.93. The van der Waals surface area contributed by atoms with E-state index in [0.29, 0.717) is 18.8 Å². The highest BCUT2D eigenvalue weighted by Crippen LogP contribution is 2.32. The minimum atomic E-state index is -0.744. The van der Waals surface area contributed by atoms with Crippen molar-refractivity contribution < 1.29 is 9.47 Å². The second-order valence-corrected chi connectivity index (χ2v) is 3.30. The lowest BCUT2D eigenvalue weighted by molar-refractivity contribution is -0.149. The summed E-state index contributed by atoms with van der Waals surface area (Å²) in [5, 5.41) is 8.93. The molecule has 1 aliphatic heterocycles. The Morgan fingerprint density at radius 3 is 2.57 bits per heavy atom. The maximum atomic E-state index is 8.93. The molecular formula is C11H11NO2. The van der Waals surface area contributed by atoms with Gasteiger partial charge in [-0.2, -0.15) is 5.26 Å². The van der Waals surface area contributed by atoms with Gasteiger partial charge in [0, 0.05) is 5.56 Å². The fourth-order valence-corrected chi connectivity index (χ4v) is 1.65. The first-order valence-corrected chi connectivity index (χ1v) is 4.54. The van der Waals surface area contributed by atoms with Crippen LogP contribution in [0.1, 0.15) is 18.1 Å². The van der Waals surface area contributed by atoms with E-state index < -0.39 is 5.79 Å². The second-order valence-electron chi connectivity index (χ2n) is 3.30. The quantitative estimate of drug-likeness (QED) is 0.676.